The van der Waals surface area contributed by atoms with Gasteiger partial charge in [0.1, 0.15) is 24.3 Å². The average molecular weight is 252 g/mol. The summed E-state index contributed by atoms with van der Waals surface area (Å²) in [6, 6.07) is 2.97. The number of carbonyl (C=O) groups is 1. The molecule has 0 bridgehead atoms. The van der Waals surface area contributed by atoms with Crippen LogP contribution in [0.4, 0.5) is 14.5 Å². The zero-order valence-electron chi connectivity index (χ0n) is 9.31. The summed E-state index contributed by atoms with van der Waals surface area (Å²) in [6.07, 6.45) is 2.96. The number of hydrogen-bond donors (Lipinski definition) is 1. The zero-order valence-corrected chi connectivity index (χ0v) is 9.31. The van der Waals surface area contributed by atoms with E-state index in [0.717, 1.165) is 6.07 Å². The van der Waals surface area contributed by atoms with Crippen molar-refractivity contribution in [3.8, 4) is 0 Å². The minimum Gasteiger partial charge on any atom is -0.324 e. The van der Waals surface area contributed by atoms with E-state index in [0.29, 0.717) is 12.6 Å². The molecule has 5 nitrogen and oxygen atoms in total. The number of carbonyl (C=O) groups excluding carboxylic acids is 1. The molecule has 0 atom stereocenters. The molecule has 2 rings (SSSR count). The predicted molar refractivity (Wildman–Crippen MR) is 59.6 cm³/mol. The number of benzene rings is 1. The third-order valence-electron chi connectivity index (χ3n) is 2.24. The molecule has 94 valence electrons. The van der Waals surface area contributed by atoms with Crippen molar-refractivity contribution in [1.82, 2.24) is 14.8 Å². The lowest BCUT2D eigenvalue weighted by molar-refractivity contribution is -0.116. The summed E-state index contributed by atoms with van der Waals surface area (Å²) in [5, 5.41) is 6.18. The van der Waals surface area contributed by atoms with Gasteiger partial charge in [0.05, 0.1) is 12.2 Å². The molecule has 1 aromatic carbocycles. The molecule has 0 radical (unpaired) electrons. The Morgan fingerprint density at radius 1 is 1.39 bits per heavy atom. The van der Waals surface area contributed by atoms with Crippen molar-refractivity contribution in [3.05, 3.63) is 42.5 Å². The number of rotatable bonds is 4. The highest BCUT2D eigenvalue weighted by molar-refractivity contribution is 5.90. The first kappa shape index (κ1) is 12.2. The van der Waals surface area contributed by atoms with Crippen LogP contribution in [0.2, 0.25) is 0 Å². The van der Waals surface area contributed by atoms with Gasteiger partial charge in [-0.3, -0.25) is 9.48 Å². The molecular weight excluding hydrogens is 242 g/mol. The molecule has 0 spiro atoms. The molecule has 18 heavy (non-hydrogen) atoms. The van der Waals surface area contributed by atoms with Crippen LogP contribution in [0.5, 0.6) is 0 Å². The number of halogens is 2. The van der Waals surface area contributed by atoms with E-state index in [-0.39, 0.29) is 18.0 Å². The highest BCUT2D eigenvalue weighted by Crippen LogP contribution is 2.15. The zero-order chi connectivity index (χ0) is 13.0. The Hall–Kier alpha value is -2.31. The van der Waals surface area contributed by atoms with Gasteiger partial charge in [0.15, 0.2) is 0 Å². The summed E-state index contributed by atoms with van der Waals surface area (Å²) in [5.41, 5.74) is -0.0417. The van der Waals surface area contributed by atoms with Gasteiger partial charge in [-0.1, -0.05) is 0 Å². The van der Waals surface area contributed by atoms with E-state index in [9.17, 15) is 13.6 Å². The van der Waals surface area contributed by atoms with Gasteiger partial charge >= 0.3 is 0 Å². The van der Waals surface area contributed by atoms with E-state index in [1.54, 1.807) is 0 Å². The summed E-state index contributed by atoms with van der Waals surface area (Å²) in [6.45, 7) is 0.342. The molecule has 1 N–H and O–H groups in total. The van der Waals surface area contributed by atoms with Gasteiger partial charge in [-0.2, -0.15) is 5.10 Å². The van der Waals surface area contributed by atoms with Crippen LogP contribution in [0.25, 0.3) is 0 Å². The molecule has 2 aromatic rings. The van der Waals surface area contributed by atoms with E-state index >= 15 is 0 Å². The van der Waals surface area contributed by atoms with Crippen LogP contribution in [0.15, 0.2) is 30.9 Å². The number of amides is 1. The Labute approximate surface area is 101 Å². The van der Waals surface area contributed by atoms with Crippen molar-refractivity contribution in [3.63, 3.8) is 0 Å². The van der Waals surface area contributed by atoms with Gasteiger partial charge in [0.2, 0.25) is 5.91 Å². The quantitative estimate of drug-likeness (QED) is 0.898. The first-order valence-corrected chi connectivity index (χ1v) is 5.22. The Bertz CT molecular complexity index is 542. The second-order valence-electron chi connectivity index (χ2n) is 3.58. The molecular formula is C11H10F2N4O. The molecule has 0 saturated carbocycles. The van der Waals surface area contributed by atoms with Crippen LogP contribution in [0, 0.1) is 11.6 Å². The fraction of sp³-hybridized carbons (Fsp3) is 0.182. The van der Waals surface area contributed by atoms with Crippen LogP contribution < -0.4 is 5.32 Å². The Morgan fingerprint density at radius 3 is 2.89 bits per heavy atom. The molecule has 0 aliphatic carbocycles. The van der Waals surface area contributed by atoms with Crippen molar-refractivity contribution >= 4 is 11.6 Å². The topological polar surface area (TPSA) is 59.8 Å². The third kappa shape index (κ3) is 3.09. The highest BCUT2D eigenvalue weighted by Gasteiger charge is 2.08. The van der Waals surface area contributed by atoms with Crippen LogP contribution in [0.1, 0.15) is 6.42 Å². The molecule has 0 unspecified atom stereocenters. The third-order valence-corrected chi connectivity index (χ3v) is 2.24. The minimum absolute atomic E-state index is 0.0417. The van der Waals surface area contributed by atoms with E-state index in [4.69, 9.17) is 0 Å². The van der Waals surface area contributed by atoms with Crippen LogP contribution in [-0.4, -0.2) is 20.7 Å². The molecule has 0 fully saturated rings. The summed E-state index contributed by atoms with van der Waals surface area (Å²) in [7, 11) is 0. The Morgan fingerprint density at radius 2 is 2.22 bits per heavy atom. The molecule has 0 aliphatic rings. The van der Waals surface area contributed by atoms with E-state index in [1.807, 2.05) is 0 Å². The lowest BCUT2D eigenvalue weighted by Gasteiger charge is -2.06. The van der Waals surface area contributed by atoms with Gasteiger partial charge in [-0.25, -0.2) is 13.8 Å². The Kier molecular flexibility index (Phi) is 3.61. The molecule has 0 aliphatic heterocycles. The summed E-state index contributed by atoms with van der Waals surface area (Å²) < 4.78 is 27.4. The smallest absolute Gasteiger partial charge is 0.226 e. The SMILES string of the molecule is O=C(CCn1cncn1)Nc1ccc(F)cc1F. The van der Waals surface area contributed by atoms with E-state index in [2.05, 4.69) is 15.4 Å². The molecule has 1 amide bonds. The highest BCUT2D eigenvalue weighted by atomic mass is 19.1. The van der Waals surface area contributed by atoms with Crippen LogP contribution in [0.3, 0.4) is 0 Å². The summed E-state index contributed by atoms with van der Waals surface area (Å²) in [4.78, 5) is 15.2. The first-order chi connectivity index (χ1) is 8.65. The normalized spacial score (nSPS) is 10.3. The molecule has 7 heteroatoms. The van der Waals surface area contributed by atoms with Crippen molar-refractivity contribution in [2.45, 2.75) is 13.0 Å². The van der Waals surface area contributed by atoms with Crippen molar-refractivity contribution in [1.29, 1.82) is 0 Å². The maximum Gasteiger partial charge on any atom is 0.226 e. The number of aryl methyl sites for hydroxylation is 1. The second-order valence-corrected chi connectivity index (χ2v) is 3.58. The number of nitrogens with zero attached hydrogens (tertiary/aromatic N) is 3. The van der Waals surface area contributed by atoms with Crippen LogP contribution in [-0.2, 0) is 11.3 Å². The summed E-state index contributed by atoms with van der Waals surface area (Å²) >= 11 is 0. The fourth-order valence-electron chi connectivity index (χ4n) is 1.37. The van der Waals surface area contributed by atoms with Crippen molar-refractivity contribution in [2.24, 2.45) is 0 Å². The van der Waals surface area contributed by atoms with Gasteiger partial charge in [0.25, 0.3) is 0 Å². The van der Waals surface area contributed by atoms with Crippen molar-refractivity contribution < 1.29 is 13.6 Å². The maximum absolute atomic E-state index is 13.2. The average Bonchev–Trinajstić information content (AvgIpc) is 2.83. The van der Waals surface area contributed by atoms with Crippen LogP contribution >= 0.6 is 0 Å². The summed E-state index contributed by atoms with van der Waals surface area (Å²) in [5.74, 6) is -1.87. The number of anilines is 1. The van der Waals surface area contributed by atoms with Gasteiger partial charge in [-0.05, 0) is 12.1 Å². The monoisotopic (exact) mass is 252 g/mol. The van der Waals surface area contributed by atoms with E-state index in [1.165, 1.54) is 23.4 Å². The molecule has 0 saturated heterocycles. The van der Waals surface area contributed by atoms with Crippen molar-refractivity contribution in [2.75, 3.05) is 5.32 Å². The lowest BCUT2D eigenvalue weighted by atomic mass is 10.3. The van der Waals surface area contributed by atoms with Gasteiger partial charge in [0, 0.05) is 12.5 Å². The predicted octanol–water partition coefficient (Wildman–Crippen LogP) is 1.59. The largest absolute Gasteiger partial charge is 0.324 e. The standard InChI is InChI=1S/C11H10F2N4O/c12-8-1-2-10(9(13)5-8)16-11(18)3-4-17-7-14-6-15-17/h1-2,5-7H,3-4H2,(H,16,18). The second kappa shape index (κ2) is 5.35. The molecule has 1 aromatic heterocycles. The number of aromatic nitrogens is 3. The van der Waals surface area contributed by atoms with Gasteiger partial charge in [-0.15, -0.1) is 0 Å². The first-order valence-electron chi connectivity index (χ1n) is 5.22. The number of hydrogen-bond acceptors (Lipinski definition) is 3. The number of nitrogens with one attached hydrogen (secondary N) is 1. The van der Waals surface area contributed by atoms with E-state index < -0.39 is 11.6 Å². The maximum atomic E-state index is 13.2. The molecule has 1 heterocycles. The lowest BCUT2D eigenvalue weighted by Crippen LogP contribution is -2.15. The van der Waals surface area contributed by atoms with Gasteiger partial charge < -0.3 is 5.32 Å². The minimum atomic E-state index is -0.802. The Balaban J connectivity index is 1.91. The fourth-order valence-corrected chi connectivity index (χ4v) is 1.37.